The summed E-state index contributed by atoms with van der Waals surface area (Å²) < 4.78 is 15.0. The predicted molar refractivity (Wildman–Crippen MR) is 97.5 cm³/mol. The number of rotatable bonds is 6. The lowest BCUT2D eigenvalue weighted by molar-refractivity contribution is -0.387. The van der Waals surface area contributed by atoms with Gasteiger partial charge in [-0.25, -0.2) is 0 Å². The Balaban J connectivity index is 2.14. The van der Waals surface area contributed by atoms with Crippen molar-refractivity contribution in [2.24, 2.45) is 5.92 Å². The second-order valence-electron chi connectivity index (χ2n) is 6.11. The molecule has 2 aromatic rings. The first-order valence-electron chi connectivity index (χ1n) is 7.85. The summed E-state index contributed by atoms with van der Waals surface area (Å²) in [5.41, 5.74) is 0.705. The molecule has 2 rings (SSSR count). The Bertz CT molecular complexity index is 877. The van der Waals surface area contributed by atoms with E-state index >= 15 is 0 Å². The number of nitro benzene ring substituents is 1. The van der Waals surface area contributed by atoms with E-state index in [4.69, 9.17) is 11.6 Å². The van der Waals surface area contributed by atoms with Crippen LogP contribution in [0.5, 0.6) is 0 Å². The van der Waals surface area contributed by atoms with Crippen molar-refractivity contribution in [2.45, 2.75) is 27.3 Å². The topological polar surface area (TPSA) is 90.1 Å². The number of carbonyl (C=O) groups excluding carboxylic acids is 1. The molecule has 26 heavy (non-hydrogen) atoms. The molecule has 0 saturated carbocycles. The first-order valence-corrected chi connectivity index (χ1v) is 8.22. The Morgan fingerprint density at radius 1 is 1.50 bits per heavy atom. The molecule has 0 spiro atoms. The van der Waals surface area contributed by atoms with Gasteiger partial charge in [-0.05, 0) is 31.1 Å². The van der Waals surface area contributed by atoms with Crippen LogP contribution in [0.25, 0.3) is 6.08 Å². The number of hydrogen-bond donors (Lipinski definition) is 1. The Hall–Kier alpha value is -2.74. The summed E-state index contributed by atoms with van der Waals surface area (Å²) in [5, 5.41) is 18.0. The first kappa shape index (κ1) is 19.6. The number of halogens is 2. The molecule has 1 heterocycles. The highest BCUT2D eigenvalue weighted by atomic mass is 35.5. The Morgan fingerprint density at radius 2 is 2.19 bits per heavy atom. The number of benzene rings is 1. The number of nitrogens with one attached hydrogen (secondary N) is 1. The fraction of sp³-hybridized carbons (Fsp3) is 0.294. The number of aryl methyl sites for hydroxylation is 1. The monoisotopic (exact) mass is 380 g/mol. The lowest BCUT2D eigenvalue weighted by atomic mass is 10.2. The minimum absolute atomic E-state index is 0.117. The highest BCUT2D eigenvalue weighted by Gasteiger charge is 2.15. The van der Waals surface area contributed by atoms with Crippen molar-refractivity contribution in [2.75, 3.05) is 5.32 Å². The molecule has 0 radical (unpaired) electrons. The lowest BCUT2D eigenvalue weighted by Crippen LogP contribution is -2.08. The average molecular weight is 381 g/mol. The van der Waals surface area contributed by atoms with E-state index in [1.165, 1.54) is 18.2 Å². The number of carbonyl (C=O) groups is 1. The molecular weight excluding hydrogens is 363 g/mol. The van der Waals surface area contributed by atoms with Crippen LogP contribution in [-0.4, -0.2) is 20.6 Å². The molecular formula is C17H18ClFN4O3. The van der Waals surface area contributed by atoms with Crippen LogP contribution in [0.4, 0.5) is 15.8 Å². The van der Waals surface area contributed by atoms with Crippen molar-refractivity contribution < 1.29 is 14.1 Å². The molecule has 0 aliphatic rings. The maximum absolute atomic E-state index is 13.3. The van der Waals surface area contributed by atoms with Gasteiger partial charge in [0.2, 0.25) is 11.7 Å². The van der Waals surface area contributed by atoms with Gasteiger partial charge in [0.05, 0.1) is 10.6 Å². The summed E-state index contributed by atoms with van der Waals surface area (Å²) in [6.45, 7) is 6.51. The van der Waals surface area contributed by atoms with Gasteiger partial charge in [0.1, 0.15) is 5.15 Å². The van der Waals surface area contributed by atoms with Gasteiger partial charge in [-0.2, -0.15) is 9.49 Å². The standard InChI is InChI=1S/C17H18ClFN4O3/c1-10(2)9-22-17(18)13(11(3)21-22)5-7-16(24)20-12-4-6-14(19)15(8-12)23(25)26/h4-8,10H,9H2,1-3H3,(H,20,24)/b7-5+. The lowest BCUT2D eigenvalue weighted by Gasteiger charge is -2.05. The van der Waals surface area contributed by atoms with E-state index in [-0.39, 0.29) is 5.69 Å². The van der Waals surface area contributed by atoms with Gasteiger partial charge in [0.15, 0.2) is 0 Å². The number of aromatic nitrogens is 2. The van der Waals surface area contributed by atoms with Crippen LogP contribution < -0.4 is 5.32 Å². The van der Waals surface area contributed by atoms with Gasteiger partial charge in [-0.15, -0.1) is 0 Å². The third-order valence-electron chi connectivity index (χ3n) is 3.46. The molecule has 0 aliphatic heterocycles. The molecule has 0 atom stereocenters. The van der Waals surface area contributed by atoms with E-state index in [1.807, 2.05) is 13.8 Å². The van der Waals surface area contributed by atoms with Gasteiger partial charge >= 0.3 is 5.69 Å². The minimum atomic E-state index is -0.969. The molecule has 138 valence electrons. The number of amides is 1. The smallest absolute Gasteiger partial charge is 0.306 e. The van der Waals surface area contributed by atoms with Crippen LogP contribution in [0.1, 0.15) is 25.1 Å². The normalized spacial score (nSPS) is 11.3. The predicted octanol–water partition coefficient (Wildman–Crippen LogP) is 4.20. The number of nitrogens with zero attached hydrogens (tertiary/aromatic N) is 3. The average Bonchev–Trinajstić information content (AvgIpc) is 2.80. The number of nitro groups is 1. The zero-order valence-corrected chi connectivity index (χ0v) is 15.2. The van der Waals surface area contributed by atoms with E-state index in [0.717, 1.165) is 12.1 Å². The quantitative estimate of drug-likeness (QED) is 0.462. The molecule has 1 aromatic carbocycles. The zero-order valence-electron chi connectivity index (χ0n) is 14.5. The zero-order chi connectivity index (χ0) is 19.4. The summed E-state index contributed by atoms with van der Waals surface area (Å²) in [5.74, 6) is -1.14. The van der Waals surface area contributed by atoms with Gasteiger partial charge in [-0.3, -0.25) is 19.6 Å². The van der Waals surface area contributed by atoms with Crippen molar-refractivity contribution in [3.05, 3.63) is 56.6 Å². The summed E-state index contributed by atoms with van der Waals surface area (Å²) in [6, 6.07) is 3.13. The Kier molecular flexibility index (Phi) is 6.10. The van der Waals surface area contributed by atoms with Gasteiger partial charge < -0.3 is 5.32 Å². The number of anilines is 1. The third-order valence-corrected chi connectivity index (χ3v) is 3.86. The first-order chi connectivity index (χ1) is 12.2. The van der Waals surface area contributed by atoms with Crippen molar-refractivity contribution in [1.29, 1.82) is 0 Å². The van der Waals surface area contributed by atoms with Gasteiger partial charge in [0.25, 0.3) is 0 Å². The molecule has 1 aromatic heterocycles. The Morgan fingerprint density at radius 3 is 2.81 bits per heavy atom. The van der Waals surface area contributed by atoms with Crippen molar-refractivity contribution in [3.8, 4) is 0 Å². The van der Waals surface area contributed by atoms with Crippen LogP contribution in [0, 0.1) is 28.8 Å². The summed E-state index contributed by atoms with van der Waals surface area (Å²) in [6.07, 6.45) is 2.76. The van der Waals surface area contributed by atoms with Crippen LogP contribution >= 0.6 is 11.6 Å². The molecule has 0 unspecified atom stereocenters. The fourth-order valence-electron chi connectivity index (χ4n) is 2.30. The largest absolute Gasteiger partial charge is 0.322 e. The molecule has 1 N–H and O–H groups in total. The van der Waals surface area contributed by atoms with Crippen molar-refractivity contribution in [1.82, 2.24) is 9.78 Å². The highest BCUT2D eigenvalue weighted by molar-refractivity contribution is 6.31. The molecule has 0 fully saturated rings. The Labute approximate surface area is 154 Å². The summed E-state index contributed by atoms with van der Waals surface area (Å²) >= 11 is 6.29. The molecule has 9 heteroatoms. The van der Waals surface area contributed by atoms with Crippen LogP contribution in [0.2, 0.25) is 5.15 Å². The van der Waals surface area contributed by atoms with Gasteiger partial charge in [0, 0.05) is 29.9 Å². The molecule has 0 aliphatic carbocycles. The van der Waals surface area contributed by atoms with Crippen LogP contribution in [0.3, 0.4) is 0 Å². The second kappa shape index (κ2) is 8.09. The van der Waals surface area contributed by atoms with E-state index < -0.39 is 22.3 Å². The van der Waals surface area contributed by atoms with Gasteiger partial charge in [-0.1, -0.05) is 25.4 Å². The summed E-state index contributed by atoms with van der Waals surface area (Å²) in [7, 11) is 0. The van der Waals surface area contributed by atoms with Crippen molar-refractivity contribution >= 4 is 35.0 Å². The summed E-state index contributed by atoms with van der Waals surface area (Å²) in [4.78, 5) is 21.9. The van der Waals surface area contributed by atoms with E-state index in [1.54, 1.807) is 11.6 Å². The SMILES string of the molecule is Cc1nn(CC(C)C)c(Cl)c1/C=C/C(=O)Nc1ccc(F)c([N+](=O)[O-])c1. The van der Waals surface area contributed by atoms with E-state index in [9.17, 15) is 19.3 Å². The molecule has 0 saturated heterocycles. The second-order valence-corrected chi connectivity index (χ2v) is 6.47. The van der Waals surface area contributed by atoms with Crippen LogP contribution in [-0.2, 0) is 11.3 Å². The molecule has 1 amide bonds. The highest BCUT2D eigenvalue weighted by Crippen LogP contribution is 2.23. The van der Waals surface area contributed by atoms with E-state index in [0.29, 0.717) is 28.9 Å². The maximum atomic E-state index is 13.3. The molecule has 7 nitrogen and oxygen atoms in total. The molecule has 0 bridgehead atoms. The number of hydrogen-bond acceptors (Lipinski definition) is 4. The van der Waals surface area contributed by atoms with Crippen LogP contribution in [0.15, 0.2) is 24.3 Å². The minimum Gasteiger partial charge on any atom is -0.322 e. The van der Waals surface area contributed by atoms with E-state index in [2.05, 4.69) is 10.4 Å². The van der Waals surface area contributed by atoms with Crippen molar-refractivity contribution in [3.63, 3.8) is 0 Å². The fourth-order valence-corrected chi connectivity index (χ4v) is 2.60. The third kappa shape index (κ3) is 4.66. The maximum Gasteiger partial charge on any atom is 0.306 e.